The highest BCUT2D eigenvalue weighted by Gasteiger charge is 1.98. The Kier molecular flexibility index (Phi) is 5.20. The lowest BCUT2D eigenvalue weighted by molar-refractivity contribution is -0.255. The fraction of sp³-hybridized carbons (Fsp3) is 0.385. The molecule has 0 spiro atoms. The maximum Gasteiger partial charge on any atom is 0.0716 e. The van der Waals surface area contributed by atoms with Crippen molar-refractivity contribution in [1.82, 2.24) is 0 Å². The zero-order chi connectivity index (χ0) is 12.7. The summed E-state index contributed by atoms with van der Waals surface area (Å²) in [6.07, 6.45) is 3.94. The minimum Gasteiger partial charge on any atom is -0.545 e. The number of aromatic carboxylic acids is 1. The average molecular weight is 233 g/mol. The molecule has 0 aliphatic carbocycles. The Bertz CT molecular complexity index is 398. The van der Waals surface area contributed by atoms with Gasteiger partial charge >= 0.3 is 0 Å². The number of rotatable bonds is 6. The van der Waals surface area contributed by atoms with Gasteiger partial charge in [-0.3, -0.25) is 5.43 Å². The quantitative estimate of drug-likeness (QED) is 0.602. The number of nitrogens with one attached hydrogen (secondary N) is 1. The summed E-state index contributed by atoms with van der Waals surface area (Å²) in [7, 11) is 0. The van der Waals surface area contributed by atoms with E-state index in [1.165, 1.54) is 12.1 Å². The minimum atomic E-state index is -1.18. The van der Waals surface area contributed by atoms with Crippen LogP contribution in [-0.2, 0) is 0 Å². The molecule has 92 valence electrons. The van der Waals surface area contributed by atoms with Crippen molar-refractivity contribution in [1.29, 1.82) is 0 Å². The van der Waals surface area contributed by atoms with E-state index in [9.17, 15) is 9.90 Å². The first-order chi connectivity index (χ1) is 8.17. The Hall–Kier alpha value is -1.84. The van der Waals surface area contributed by atoms with Gasteiger partial charge in [0, 0.05) is 6.21 Å². The van der Waals surface area contributed by atoms with Crippen molar-refractivity contribution in [2.45, 2.75) is 26.7 Å². The van der Waals surface area contributed by atoms with Gasteiger partial charge in [-0.2, -0.15) is 5.10 Å². The van der Waals surface area contributed by atoms with Crippen molar-refractivity contribution < 1.29 is 9.90 Å². The average Bonchev–Trinajstić information content (AvgIpc) is 2.35. The second-order valence-electron chi connectivity index (χ2n) is 3.83. The van der Waals surface area contributed by atoms with Crippen LogP contribution in [0.15, 0.2) is 29.4 Å². The molecule has 17 heavy (non-hydrogen) atoms. The van der Waals surface area contributed by atoms with E-state index in [4.69, 9.17) is 0 Å². The normalized spacial score (nSPS) is 11.0. The Morgan fingerprint density at radius 3 is 2.76 bits per heavy atom. The molecule has 0 unspecified atom stereocenters. The predicted molar refractivity (Wildman–Crippen MR) is 67.0 cm³/mol. The van der Waals surface area contributed by atoms with Crippen LogP contribution in [0.1, 0.15) is 37.0 Å². The van der Waals surface area contributed by atoms with E-state index < -0.39 is 5.97 Å². The van der Waals surface area contributed by atoms with Gasteiger partial charge < -0.3 is 9.90 Å². The number of anilines is 1. The number of carboxylic acids is 1. The summed E-state index contributed by atoms with van der Waals surface area (Å²) >= 11 is 0. The number of hydrogen-bond donors (Lipinski definition) is 1. The Balaban J connectivity index is 2.63. The number of carbonyl (C=O) groups excluding carboxylic acids is 1. The Labute approximate surface area is 101 Å². The highest BCUT2D eigenvalue weighted by Crippen LogP contribution is 2.10. The first-order valence-corrected chi connectivity index (χ1v) is 5.78. The van der Waals surface area contributed by atoms with Crippen LogP contribution in [0.5, 0.6) is 0 Å². The van der Waals surface area contributed by atoms with Crippen LogP contribution in [0.4, 0.5) is 5.69 Å². The van der Waals surface area contributed by atoms with E-state index in [0.717, 1.165) is 12.8 Å². The van der Waals surface area contributed by atoms with Gasteiger partial charge in [0.1, 0.15) is 0 Å². The molecule has 1 rings (SSSR count). The van der Waals surface area contributed by atoms with Crippen molar-refractivity contribution >= 4 is 17.9 Å². The van der Waals surface area contributed by atoms with Crippen LogP contribution < -0.4 is 10.5 Å². The van der Waals surface area contributed by atoms with Crippen LogP contribution in [0, 0.1) is 5.92 Å². The fourth-order valence-corrected chi connectivity index (χ4v) is 1.43. The summed E-state index contributed by atoms with van der Waals surface area (Å²) in [6.45, 7) is 4.22. The molecule has 4 nitrogen and oxygen atoms in total. The maximum atomic E-state index is 10.7. The minimum absolute atomic E-state index is 0.146. The van der Waals surface area contributed by atoms with Crippen LogP contribution in [0.2, 0.25) is 0 Å². The van der Waals surface area contributed by atoms with Crippen molar-refractivity contribution in [2.24, 2.45) is 11.0 Å². The van der Waals surface area contributed by atoms with Gasteiger partial charge in [0.05, 0.1) is 11.7 Å². The molecule has 0 aliphatic heterocycles. The lowest BCUT2D eigenvalue weighted by Crippen LogP contribution is -2.22. The number of carbonyl (C=O) groups is 1. The second kappa shape index (κ2) is 6.68. The molecule has 0 radical (unpaired) electrons. The van der Waals surface area contributed by atoms with E-state index in [0.29, 0.717) is 11.6 Å². The molecule has 0 bridgehead atoms. The van der Waals surface area contributed by atoms with Crippen LogP contribution in [-0.4, -0.2) is 12.2 Å². The summed E-state index contributed by atoms with van der Waals surface area (Å²) in [4.78, 5) is 10.7. The zero-order valence-electron chi connectivity index (χ0n) is 10.1. The summed E-state index contributed by atoms with van der Waals surface area (Å²) in [5.74, 6) is -0.732. The number of hydrazone groups is 1. The van der Waals surface area contributed by atoms with Crippen LogP contribution in [0.25, 0.3) is 0 Å². The molecule has 0 fully saturated rings. The molecule has 0 amide bonds. The molecule has 4 heteroatoms. The van der Waals surface area contributed by atoms with Crippen molar-refractivity contribution in [2.75, 3.05) is 5.43 Å². The van der Waals surface area contributed by atoms with Crippen molar-refractivity contribution in [3.05, 3.63) is 29.8 Å². The standard InChI is InChI=1S/C13H18N2O2/c1-3-10(4-2)9-14-15-12-7-5-6-11(8-12)13(16)17/h5-10,15H,3-4H2,1-2H3,(H,16,17)/p-1/b14-9-. The lowest BCUT2D eigenvalue weighted by Gasteiger charge is -2.07. The molecule has 1 aromatic carbocycles. The zero-order valence-corrected chi connectivity index (χ0v) is 10.1. The molecule has 0 aliphatic rings. The first-order valence-electron chi connectivity index (χ1n) is 5.78. The lowest BCUT2D eigenvalue weighted by atomic mass is 10.1. The number of hydrogen-bond acceptors (Lipinski definition) is 4. The van der Waals surface area contributed by atoms with Crippen molar-refractivity contribution in [3.63, 3.8) is 0 Å². The van der Waals surface area contributed by atoms with Gasteiger partial charge in [-0.25, -0.2) is 0 Å². The molecule has 0 aromatic heterocycles. The van der Waals surface area contributed by atoms with E-state index in [1.807, 2.05) is 6.21 Å². The van der Waals surface area contributed by atoms with Gasteiger partial charge in [-0.1, -0.05) is 26.0 Å². The van der Waals surface area contributed by atoms with E-state index in [1.54, 1.807) is 12.1 Å². The summed E-state index contributed by atoms with van der Waals surface area (Å²) in [5.41, 5.74) is 3.61. The summed E-state index contributed by atoms with van der Waals surface area (Å²) in [5, 5.41) is 14.7. The second-order valence-corrected chi connectivity index (χ2v) is 3.83. The molecule has 0 saturated heterocycles. The largest absolute Gasteiger partial charge is 0.545 e. The molecule has 1 aromatic rings. The van der Waals surface area contributed by atoms with Gasteiger partial charge in [-0.05, 0) is 36.5 Å². The van der Waals surface area contributed by atoms with Crippen LogP contribution >= 0.6 is 0 Å². The highest BCUT2D eigenvalue weighted by atomic mass is 16.4. The van der Waals surface area contributed by atoms with E-state index in [-0.39, 0.29) is 5.56 Å². The SMILES string of the molecule is CCC(/C=N\Nc1cccc(C(=O)[O-])c1)CC. The van der Waals surface area contributed by atoms with E-state index in [2.05, 4.69) is 24.4 Å². The number of carboxylic acid groups (broad SMARTS) is 1. The van der Waals surface area contributed by atoms with Crippen LogP contribution in [0.3, 0.4) is 0 Å². The first kappa shape index (κ1) is 13.2. The third-order valence-corrected chi connectivity index (χ3v) is 2.63. The van der Waals surface area contributed by atoms with Gasteiger partial charge in [-0.15, -0.1) is 0 Å². The summed E-state index contributed by atoms with van der Waals surface area (Å²) in [6, 6.07) is 6.40. The molecule has 0 heterocycles. The molecule has 0 saturated carbocycles. The Morgan fingerprint density at radius 2 is 2.18 bits per heavy atom. The molecular weight excluding hydrogens is 216 g/mol. The summed E-state index contributed by atoms with van der Waals surface area (Å²) < 4.78 is 0. The highest BCUT2D eigenvalue weighted by molar-refractivity contribution is 5.87. The van der Waals surface area contributed by atoms with Gasteiger partial charge in [0.15, 0.2) is 0 Å². The smallest absolute Gasteiger partial charge is 0.0716 e. The molecule has 0 atom stereocenters. The van der Waals surface area contributed by atoms with Gasteiger partial charge in [0.2, 0.25) is 0 Å². The number of nitrogens with zero attached hydrogens (tertiary/aromatic N) is 1. The fourth-order valence-electron chi connectivity index (χ4n) is 1.43. The van der Waals surface area contributed by atoms with Gasteiger partial charge in [0.25, 0.3) is 0 Å². The third-order valence-electron chi connectivity index (χ3n) is 2.63. The predicted octanol–water partition coefficient (Wildman–Crippen LogP) is 1.88. The number of benzene rings is 1. The van der Waals surface area contributed by atoms with E-state index >= 15 is 0 Å². The van der Waals surface area contributed by atoms with Crippen molar-refractivity contribution in [3.8, 4) is 0 Å². The Morgan fingerprint density at radius 1 is 1.47 bits per heavy atom. The maximum absolute atomic E-state index is 10.7. The molecular formula is C13H17N2O2-. The molecule has 1 N–H and O–H groups in total. The topological polar surface area (TPSA) is 64.5 Å². The third kappa shape index (κ3) is 4.26. The monoisotopic (exact) mass is 233 g/mol.